The van der Waals surface area contributed by atoms with Gasteiger partial charge in [-0.2, -0.15) is 9.40 Å². The van der Waals surface area contributed by atoms with Crippen molar-refractivity contribution in [2.24, 2.45) is 0 Å². The standard InChI is InChI=1S/C15H19FN4O2S/c1-10-6-7-12(16)14(9-10)23(21,22)20-8-4-3-5-13(20)15-17-11(2)18-19-15/h6-7,9,13H,3-5,8H2,1-2H3,(H,17,18,19)/t13-/m0/s1. The Morgan fingerprint density at radius 2 is 2.09 bits per heavy atom. The molecule has 124 valence electrons. The molecule has 0 amide bonds. The van der Waals surface area contributed by atoms with Gasteiger partial charge in [-0.25, -0.2) is 17.8 Å². The predicted octanol–water partition coefficient (Wildman–Crippen LogP) is 2.48. The lowest BCUT2D eigenvalue weighted by Gasteiger charge is -2.33. The highest BCUT2D eigenvalue weighted by atomic mass is 32.2. The first-order chi connectivity index (χ1) is 10.9. The Kier molecular flexibility index (Phi) is 4.20. The number of benzene rings is 1. The smallest absolute Gasteiger partial charge is 0.246 e. The highest BCUT2D eigenvalue weighted by Crippen LogP contribution is 2.34. The largest absolute Gasteiger partial charge is 0.263 e. The van der Waals surface area contributed by atoms with Gasteiger partial charge in [-0.05, 0) is 44.4 Å². The summed E-state index contributed by atoms with van der Waals surface area (Å²) in [6.45, 7) is 3.84. The van der Waals surface area contributed by atoms with E-state index < -0.39 is 21.9 Å². The molecule has 3 rings (SSSR count). The summed E-state index contributed by atoms with van der Waals surface area (Å²) in [6, 6.07) is 3.66. The molecule has 0 saturated carbocycles. The molecule has 0 unspecified atom stereocenters. The summed E-state index contributed by atoms with van der Waals surface area (Å²) in [5.41, 5.74) is 0.701. The summed E-state index contributed by atoms with van der Waals surface area (Å²) in [5.74, 6) is 0.342. The molecule has 23 heavy (non-hydrogen) atoms. The van der Waals surface area contributed by atoms with Crippen LogP contribution in [0, 0.1) is 19.7 Å². The minimum atomic E-state index is -3.94. The van der Waals surface area contributed by atoms with E-state index in [9.17, 15) is 12.8 Å². The number of hydrogen-bond donors (Lipinski definition) is 1. The molecular weight excluding hydrogens is 319 g/mol. The Hall–Kier alpha value is -1.80. The molecule has 1 N–H and O–H groups in total. The zero-order valence-electron chi connectivity index (χ0n) is 13.1. The maximum absolute atomic E-state index is 14.1. The van der Waals surface area contributed by atoms with Crippen LogP contribution in [0.5, 0.6) is 0 Å². The number of piperidine rings is 1. The molecule has 8 heteroatoms. The molecule has 0 spiro atoms. The number of halogens is 1. The van der Waals surface area contributed by atoms with Crippen LogP contribution in [-0.4, -0.2) is 34.4 Å². The van der Waals surface area contributed by atoms with Gasteiger partial charge in [0.25, 0.3) is 0 Å². The lowest BCUT2D eigenvalue weighted by atomic mass is 10.0. The molecule has 1 atom stereocenters. The average Bonchev–Trinajstić information content (AvgIpc) is 2.96. The summed E-state index contributed by atoms with van der Waals surface area (Å²) in [5, 5.41) is 6.84. The van der Waals surface area contributed by atoms with Gasteiger partial charge in [-0.3, -0.25) is 5.10 Å². The lowest BCUT2D eigenvalue weighted by molar-refractivity contribution is 0.246. The first-order valence-corrected chi connectivity index (χ1v) is 9.00. The van der Waals surface area contributed by atoms with Gasteiger partial charge >= 0.3 is 0 Å². The van der Waals surface area contributed by atoms with Gasteiger partial charge in [0, 0.05) is 6.54 Å². The SMILES string of the molecule is Cc1ccc(F)c(S(=O)(=O)N2CCCC[C@H]2c2n[nH]c(C)n2)c1. The highest BCUT2D eigenvalue weighted by molar-refractivity contribution is 7.89. The van der Waals surface area contributed by atoms with E-state index in [1.54, 1.807) is 19.9 Å². The normalized spacial score (nSPS) is 19.9. The van der Waals surface area contributed by atoms with Crippen LogP contribution in [0.3, 0.4) is 0 Å². The number of rotatable bonds is 3. The fourth-order valence-electron chi connectivity index (χ4n) is 2.89. The molecule has 1 aromatic heterocycles. The van der Waals surface area contributed by atoms with Crippen LogP contribution in [-0.2, 0) is 10.0 Å². The van der Waals surface area contributed by atoms with Crippen molar-refractivity contribution in [3.05, 3.63) is 41.2 Å². The summed E-state index contributed by atoms with van der Waals surface area (Å²) >= 11 is 0. The van der Waals surface area contributed by atoms with Crippen molar-refractivity contribution in [2.45, 2.75) is 44.0 Å². The molecule has 2 aromatic rings. The number of nitrogens with zero attached hydrogens (tertiary/aromatic N) is 3. The fourth-order valence-corrected chi connectivity index (χ4v) is 4.70. The number of H-pyrrole nitrogens is 1. The van der Waals surface area contributed by atoms with Crippen molar-refractivity contribution >= 4 is 10.0 Å². The summed E-state index contributed by atoms with van der Waals surface area (Å²) in [4.78, 5) is 3.98. The second-order valence-electron chi connectivity index (χ2n) is 5.84. The van der Waals surface area contributed by atoms with E-state index in [2.05, 4.69) is 15.2 Å². The fraction of sp³-hybridized carbons (Fsp3) is 0.467. The number of aromatic nitrogens is 3. The number of hydrogen-bond acceptors (Lipinski definition) is 4. The molecule has 1 fully saturated rings. The Labute approximate surface area is 134 Å². The van der Waals surface area contributed by atoms with Crippen molar-refractivity contribution in [1.29, 1.82) is 0 Å². The van der Waals surface area contributed by atoms with Crippen LogP contribution < -0.4 is 0 Å². The number of nitrogens with one attached hydrogen (secondary N) is 1. The van der Waals surface area contributed by atoms with Gasteiger partial charge in [-0.15, -0.1) is 0 Å². The van der Waals surface area contributed by atoms with E-state index in [-0.39, 0.29) is 4.90 Å². The van der Waals surface area contributed by atoms with Crippen molar-refractivity contribution in [2.75, 3.05) is 6.54 Å². The van der Waals surface area contributed by atoms with Gasteiger partial charge in [0.05, 0.1) is 6.04 Å². The van der Waals surface area contributed by atoms with Gasteiger partial charge < -0.3 is 0 Å². The van der Waals surface area contributed by atoms with Crippen molar-refractivity contribution in [3.8, 4) is 0 Å². The van der Waals surface area contributed by atoms with E-state index in [0.29, 0.717) is 30.2 Å². The zero-order chi connectivity index (χ0) is 16.6. The van der Waals surface area contributed by atoms with Crippen LogP contribution in [0.25, 0.3) is 0 Å². The van der Waals surface area contributed by atoms with Gasteiger partial charge in [-0.1, -0.05) is 12.5 Å². The van der Waals surface area contributed by atoms with E-state index in [1.807, 2.05) is 0 Å². The van der Waals surface area contributed by atoms with Crippen molar-refractivity contribution < 1.29 is 12.8 Å². The molecule has 1 aromatic carbocycles. The Balaban J connectivity index is 2.04. The van der Waals surface area contributed by atoms with Crippen molar-refractivity contribution in [1.82, 2.24) is 19.5 Å². The molecule has 6 nitrogen and oxygen atoms in total. The predicted molar refractivity (Wildman–Crippen MR) is 82.7 cm³/mol. The van der Waals surface area contributed by atoms with Crippen LogP contribution in [0.15, 0.2) is 23.1 Å². The molecule has 1 aliphatic rings. The van der Waals surface area contributed by atoms with E-state index >= 15 is 0 Å². The monoisotopic (exact) mass is 338 g/mol. The Bertz CT molecular complexity index is 819. The molecule has 0 radical (unpaired) electrons. The van der Waals surface area contributed by atoms with E-state index in [4.69, 9.17) is 0 Å². The maximum Gasteiger partial charge on any atom is 0.246 e. The minimum Gasteiger partial charge on any atom is -0.263 e. The van der Waals surface area contributed by atoms with Gasteiger partial charge in [0.15, 0.2) is 5.82 Å². The van der Waals surface area contributed by atoms with E-state index in [0.717, 1.165) is 12.8 Å². The number of aryl methyl sites for hydroxylation is 2. The second kappa shape index (κ2) is 6.01. The maximum atomic E-state index is 14.1. The molecule has 0 aliphatic carbocycles. The van der Waals surface area contributed by atoms with Crippen LogP contribution in [0.1, 0.15) is 42.5 Å². The lowest BCUT2D eigenvalue weighted by Crippen LogP contribution is -2.39. The number of sulfonamides is 1. The highest BCUT2D eigenvalue weighted by Gasteiger charge is 2.37. The third-order valence-electron chi connectivity index (χ3n) is 4.04. The molecule has 2 heterocycles. The topological polar surface area (TPSA) is 79.0 Å². The van der Waals surface area contributed by atoms with Crippen LogP contribution >= 0.6 is 0 Å². The summed E-state index contributed by atoms with van der Waals surface area (Å²) in [6.07, 6.45) is 2.26. The Morgan fingerprint density at radius 3 is 2.78 bits per heavy atom. The molecular formula is C15H19FN4O2S. The third-order valence-corrected chi connectivity index (χ3v) is 5.96. The molecule has 0 bridgehead atoms. The minimum absolute atomic E-state index is 0.281. The van der Waals surface area contributed by atoms with Gasteiger partial charge in [0.1, 0.15) is 16.5 Å². The van der Waals surface area contributed by atoms with Crippen molar-refractivity contribution in [3.63, 3.8) is 0 Å². The quantitative estimate of drug-likeness (QED) is 0.932. The summed E-state index contributed by atoms with van der Waals surface area (Å²) < 4.78 is 41.4. The Morgan fingerprint density at radius 1 is 1.30 bits per heavy atom. The first kappa shape index (κ1) is 16.1. The second-order valence-corrected chi connectivity index (χ2v) is 7.70. The average molecular weight is 338 g/mol. The first-order valence-electron chi connectivity index (χ1n) is 7.56. The van der Waals surface area contributed by atoms with Crippen LogP contribution in [0.2, 0.25) is 0 Å². The van der Waals surface area contributed by atoms with Crippen LogP contribution in [0.4, 0.5) is 4.39 Å². The third kappa shape index (κ3) is 3.00. The summed E-state index contributed by atoms with van der Waals surface area (Å²) in [7, 11) is -3.94. The molecule has 1 aliphatic heterocycles. The van der Waals surface area contributed by atoms with Gasteiger partial charge in [0.2, 0.25) is 10.0 Å². The molecule has 1 saturated heterocycles. The van der Waals surface area contributed by atoms with E-state index in [1.165, 1.54) is 16.4 Å². The zero-order valence-corrected chi connectivity index (χ0v) is 13.9. The number of aromatic amines is 1.